The average Bonchev–Trinajstić information content (AvgIpc) is 3.41. The number of hydrogen-bond acceptors (Lipinski definition) is 3. The molecule has 0 saturated heterocycles. The van der Waals surface area contributed by atoms with Crippen LogP contribution in [0.1, 0.15) is 41.5 Å². The smallest absolute Gasteiger partial charge is 0.327 e. The van der Waals surface area contributed by atoms with Crippen LogP contribution in [0.5, 0.6) is 0 Å². The Bertz CT molecular complexity index is 1180. The molecule has 1 saturated carbocycles. The highest BCUT2D eigenvalue weighted by molar-refractivity contribution is 7.99. The van der Waals surface area contributed by atoms with Crippen molar-refractivity contribution in [2.24, 2.45) is 0 Å². The van der Waals surface area contributed by atoms with E-state index in [4.69, 9.17) is 0 Å². The molecule has 1 aromatic heterocycles. The molecular formula is C22H18FNO3S. The molecule has 1 atom stereocenters. The maximum atomic E-state index is 14.2. The van der Waals surface area contributed by atoms with Gasteiger partial charge in [0.05, 0.1) is 5.03 Å². The number of benzene rings is 2. The lowest BCUT2D eigenvalue weighted by Gasteiger charge is -2.17. The van der Waals surface area contributed by atoms with Crippen molar-refractivity contribution < 1.29 is 14.3 Å². The lowest BCUT2D eigenvalue weighted by atomic mass is 9.94. The summed E-state index contributed by atoms with van der Waals surface area (Å²) < 4.78 is 15.6. The Hall–Kier alpha value is -2.60. The molecule has 142 valence electrons. The highest BCUT2D eigenvalue weighted by atomic mass is 32.2. The second-order valence-corrected chi connectivity index (χ2v) is 8.47. The van der Waals surface area contributed by atoms with E-state index in [-0.39, 0.29) is 11.4 Å². The van der Waals surface area contributed by atoms with Crippen molar-refractivity contribution >= 4 is 28.5 Å². The van der Waals surface area contributed by atoms with Gasteiger partial charge in [0.25, 0.3) is 5.56 Å². The number of hydrogen-bond donors (Lipinski definition) is 1. The number of nitrogens with zero attached hydrogens (tertiary/aromatic N) is 1. The number of carboxylic acids is 1. The Balaban J connectivity index is 1.67. The van der Waals surface area contributed by atoms with Crippen LogP contribution in [0.4, 0.5) is 4.39 Å². The number of carboxylic acid groups (broad SMARTS) is 1. The first-order chi connectivity index (χ1) is 13.5. The molecule has 1 fully saturated rings. The molecule has 4 nitrogen and oxygen atoms in total. The van der Waals surface area contributed by atoms with Gasteiger partial charge in [0.2, 0.25) is 0 Å². The predicted octanol–water partition coefficient (Wildman–Crippen LogP) is 4.34. The van der Waals surface area contributed by atoms with Crippen LogP contribution in [0.2, 0.25) is 0 Å². The first kappa shape index (κ1) is 17.5. The normalized spacial score (nSPS) is 18.4. The standard InChI is InChI=1S/C22H18FNO3S/c23-17-8-7-13(15-3-1-2-4-16(15)17)9-14-10-19(25)24-18(22(26)27)11-28-21(24)20(14)12-5-6-12/h1-4,7-8,10,12,18H,5-6,9,11H2,(H,26,27). The summed E-state index contributed by atoms with van der Waals surface area (Å²) in [5.74, 6) is -0.459. The van der Waals surface area contributed by atoms with Gasteiger partial charge in [0, 0.05) is 17.2 Å². The molecule has 5 rings (SSSR count). The minimum atomic E-state index is -0.965. The fourth-order valence-electron chi connectivity index (χ4n) is 4.16. The van der Waals surface area contributed by atoms with Crippen LogP contribution in [-0.4, -0.2) is 21.4 Å². The number of carbonyl (C=O) groups is 1. The molecule has 3 aromatic rings. The van der Waals surface area contributed by atoms with Gasteiger partial charge in [0.1, 0.15) is 11.9 Å². The molecule has 1 unspecified atom stereocenters. The Labute approximate surface area is 165 Å². The van der Waals surface area contributed by atoms with Gasteiger partial charge in [-0.15, -0.1) is 11.8 Å². The zero-order valence-electron chi connectivity index (χ0n) is 15.0. The number of halogens is 1. The molecule has 2 aliphatic rings. The third-order valence-corrected chi connectivity index (χ3v) is 6.81. The van der Waals surface area contributed by atoms with Gasteiger partial charge in [-0.05, 0) is 53.3 Å². The van der Waals surface area contributed by atoms with Crippen molar-refractivity contribution in [3.8, 4) is 0 Å². The van der Waals surface area contributed by atoms with E-state index in [1.807, 2.05) is 18.2 Å². The Morgan fingerprint density at radius 3 is 2.61 bits per heavy atom. The maximum absolute atomic E-state index is 14.2. The lowest BCUT2D eigenvalue weighted by Crippen LogP contribution is -2.29. The number of fused-ring (bicyclic) bond motifs is 2. The van der Waals surface area contributed by atoms with Crippen LogP contribution in [0.25, 0.3) is 10.8 Å². The molecule has 1 aliphatic carbocycles. The fourth-order valence-corrected chi connectivity index (χ4v) is 5.58. The van der Waals surface area contributed by atoms with Crippen molar-refractivity contribution in [1.82, 2.24) is 4.57 Å². The topological polar surface area (TPSA) is 59.3 Å². The third kappa shape index (κ3) is 2.75. The van der Waals surface area contributed by atoms with E-state index in [1.54, 1.807) is 18.2 Å². The van der Waals surface area contributed by atoms with Crippen LogP contribution in [0, 0.1) is 5.82 Å². The molecule has 1 aliphatic heterocycles. The van der Waals surface area contributed by atoms with Gasteiger partial charge in [-0.1, -0.05) is 30.3 Å². The number of aromatic nitrogens is 1. The van der Waals surface area contributed by atoms with Crippen LogP contribution in [0.15, 0.2) is 52.3 Å². The molecule has 28 heavy (non-hydrogen) atoms. The number of rotatable bonds is 4. The molecule has 0 radical (unpaired) electrons. The van der Waals surface area contributed by atoms with E-state index in [0.717, 1.165) is 39.9 Å². The van der Waals surface area contributed by atoms with Crippen molar-refractivity contribution in [2.75, 3.05) is 5.75 Å². The van der Waals surface area contributed by atoms with E-state index < -0.39 is 12.0 Å². The van der Waals surface area contributed by atoms with Crippen molar-refractivity contribution in [3.63, 3.8) is 0 Å². The minimum Gasteiger partial charge on any atom is -0.480 e. The first-order valence-electron chi connectivity index (χ1n) is 9.34. The summed E-state index contributed by atoms with van der Waals surface area (Å²) in [5.41, 5.74) is 2.76. The second-order valence-electron chi connectivity index (χ2n) is 7.46. The SMILES string of the molecule is O=C(O)C1CSc2c(C3CC3)c(Cc3ccc(F)c4ccccc34)cc(=O)n21. The summed E-state index contributed by atoms with van der Waals surface area (Å²) in [6.07, 6.45) is 2.65. The number of aliphatic carboxylic acids is 1. The quantitative estimate of drug-likeness (QED) is 0.714. The van der Waals surface area contributed by atoms with E-state index in [9.17, 15) is 19.1 Å². The van der Waals surface area contributed by atoms with Gasteiger partial charge in [-0.3, -0.25) is 9.36 Å². The number of pyridine rings is 1. The summed E-state index contributed by atoms with van der Waals surface area (Å²) in [6, 6.07) is 11.4. The zero-order chi connectivity index (χ0) is 19.4. The van der Waals surface area contributed by atoms with E-state index in [1.165, 1.54) is 22.4 Å². The molecule has 0 spiro atoms. The zero-order valence-corrected chi connectivity index (χ0v) is 15.8. The van der Waals surface area contributed by atoms with Crippen molar-refractivity contribution in [3.05, 3.63) is 75.3 Å². The van der Waals surface area contributed by atoms with E-state index >= 15 is 0 Å². The molecule has 6 heteroatoms. The third-order valence-electron chi connectivity index (χ3n) is 5.63. The molecule has 2 aromatic carbocycles. The molecule has 2 heterocycles. The maximum Gasteiger partial charge on any atom is 0.327 e. The molecule has 1 N–H and O–H groups in total. The van der Waals surface area contributed by atoms with Crippen LogP contribution in [0.3, 0.4) is 0 Å². The largest absolute Gasteiger partial charge is 0.480 e. The van der Waals surface area contributed by atoms with E-state index in [0.29, 0.717) is 23.5 Å². The summed E-state index contributed by atoms with van der Waals surface area (Å²) >= 11 is 1.47. The van der Waals surface area contributed by atoms with Crippen molar-refractivity contribution in [2.45, 2.75) is 36.2 Å². The lowest BCUT2D eigenvalue weighted by molar-refractivity contribution is -0.140. The number of thioether (sulfide) groups is 1. The first-order valence-corrected chi connectivity index (χ1v) is 10.3. The minimum absolute atomic E-state index is 0.254. The van der Waals surface area contributed by atoms with E-state index in [2.05, 4.69) is 0 Å². The molecule has 0 bridgehead atoms. The van der Waals surface area contributed by atoms with Crippen LogP contribution in [-0.2, 0) is 11.2 Å². The second kappa shape index (κ2) is 6.48. The van der Waals surface area contributed by atoms with Gasteiger partial charge in [0.15, 0.2) is 0 Å². The monoisotopic (exact) mass is 395 g/mol. The van der Waals surface area contributed by atoms with Crippen molar-refractivity contribution in [1.29, 1.82) is 0 Å². The average molecular weight is 395 g/mol. The van der Waals surface area contributed by atoms with Crippen LogP contribution < -0.4 is 5.56 Å². The summed E-state index contributed by atoms with van der Waals surface area (Å²) in [4.78, 5) is 24.3. The Kier molecular flexibility index (Phi) is 4.05. The van der Waals surface area contributed by atoms with Crippen LogP contribution >= 0.6 is 11.8 Å². The molecular weight excluding hydrogens is 377 g/mol. The Morgan fingerprint density at radius 2 is 1.89 bits per heavy atom. The van der Waals surface area contributed by atoms with Gasteiger partial charge >= 0.3 is 5.97 Å². The summed E-state index contributed by atoms with van der Waals surface area (Å²) in [5, 5.41) is 11.7. The highest BCUT2D eigenvalue weighted by Gasteiger charge is 2.37. The summed E-state index contributed by atoms with van der Waals surface area (Å²) in [6.45, 7) is 0. The fraction of sp³-hybridized carbons (Fsp3) is 0.273. The predicted molar refractivity (Wildman–Crippen MR) is 107 cm³/mol. The summed E-state index contributed by atoms with van der Waals surface area (Å²) in [7, 11) is 0. The van der Waals surface area contributed by atoms with Gasteiger partial charge < -0.3 is 5.11 Å². The van der Waals surface area contributed by atoms with Gasteiger partial charge in [-0.25, -0.2) is 9.18 Å². The Morgan fingerprint density at radius 1 is 1.14 bits per heavy atom. The van der Waals surface area contributed by atoms with Gasteiger partial charge in [-0.2, -0.15) is 0 Å². The highest BCUT2D eigenvalue weighted by Crippen LogP contribution is 2.48. The molecule has 0 amide bonds.